The molecule has 2 heterocycles. The average Bonchev–Trinajstić information content (AvgIpc) is 3.12. The van der Waals surface area contributed by atoms with Crippen LogP contribution in [0.1, 0.15) is 31.7 Å². The quantitative estimate of drug-likeness (QED) is 0.408. The van der Waals surface area contributed by atoms with Crippen molar-refractivity contribution in [3.05, 3.63) is 94.3 Å². The molecule has 5 nitrogen and oxygen atoms in total. The number of ether oxygens (including phenoxy) is 2. The van der Waals surface area contributed by atoms with E-state index in [1.165, 1.54) is 11.8 Å². The number of carbonyl (C=O) groups excluding carboxylic acids is 1. The molecule has 0 radical (unpaired) electrons. The smallest absolute Gasteiger partial charge is 0.267 e. The molecular weight excluding hydrogens is 420 g/mol. The van der Waals surface area contributed by atoms with E-state index in [1.807, 2.05) is 60.7 Å². The van der Waals surface area contributed by atoms with Crippen LogP contribution in [0.15, 0.2) is 93.8 Å². The van der Waals surface area contributed by atoms with E-state index >= 15 is 0 Å². The van der Waals surface area contributed by atoms with E-state index in [0.29, 0.717) is 31.2 Å². The van der Waals surface area contributed by atoms with Crippen LogP contribution in [0, 0.1) is 0 Å². The highest BCUT2D eigenvalue weighted by atomic mass is 32.2. The molecule has 0 saturated carbocycles. The van der Waals surface area contributed by atoms with Crippen molar-refractivity contribution in [2.24, 2.45) is 4.99 Å². The fourth-order valence-corrected chi connectivity index (χ4v) is 4.56. The lowest BCUT2D eigenvalue weighted by atomic mass is 10.0. The van der Waals surface area contributed by atoms with Crippen molar-refractivity contribution in [2.75, 3.05) is 19.8 Å². The first-order chi connectivity index (χ1) is 15.7. The lowest BCUT2D eigenvalue weighted by molar-refractivity contribution is -0.121. The number of carbonyl (C=O) groups is 1. The van der Waals surface area contributed by atoms with Crippen LogP contribution in [-0.4, -0.2) is 35.7 Å². The first-order valence-electron chi connectivity index (χ1n) is 11.1. The van der Waals surface area contributed by atoms with E-state index in [4.69, 9.17) is 14.5 Å². The van der Waals surface area contributed by atoms with Crippen LogP contribution in [0.25, 0.3) is 0 Å². The maximum atomic E-state index is 13.2. The summed E-state index contributed by atoms with van der Waals surface area (Å²) in [4.78, 5) is 20.4. The van der Waals surface area contributed by atoms with Crippen molar-refractivity contribution in [1.29, 1.82) is 0 Å². The Morgan fingerprint density at radius 1 is 1.09 bits per heavy atom. The van der Waals surface area contributed by atoms with Crippen molar-refractivity contribution in [2.45, 2.75) is 32.7 Å². The molecule has 2 aliphatic heterocycles. The predicted octanol–water partition coefficient (Wildman–Crippen LogP) is 5.50. The summed E-state index contributed by atoms with van der Waals surface area (Å²) in [5.41, 5.74) is 2.20. The van der Waals surface area contributed by atoms with Crippen LogP contribution >= 0.6 is 11.8 Å². The van der Waals surface area contributed by atoms with Gasteiger partial charge in [0.2, 0.25) is 0 Å². The first-order valence-corrected chi connectivity index (χ1v) is 11.9. The van der Waals surface area contributed by atoms with Gasteiger partial charge in [-0.25, -0.2) is 0 Å². The minimum atomic E-state index is -0.00702. The number of aliphatic imine (C=N–C) groups is 1. The Balaban J connectivity index is 1.54. The lowest BCUT2D eigenvalue weighted by Gasteiger charge is -2.24. The van der Waals surface area contributed by atoms with Crippen molar-refractivity contribution in [3.8, 4) is 0 Å². The molecule has 0 unspecified atom stereocenters. The van der Waals surface area contributed by atoms with Gasteiger partial charge in [0.05, 0.1) is 11.4 Å². The van der Waals surface area contributed by atoms with Gasteiger partial charge in [0.15, 0.2) is 10.9 Å². The molecule has 166 valence electrons. The van der Waals surface area contributed by atoms with Gasteiger partial charge in [0.1, 0.15) is 19.0 Å². The van der Waals surface area contributed by atoms with Gasteiger partial charge < -0.3 is 9.47 Å². The maximum Gasteiger partial charge on any atom is 0.267 e. The molecular formula is C26H28N2O3S. The fourth-order valence-electron chi connectivity index (χ4n) is 3.55. The molecule has 6 heteroatoms. The molecule has 4 rings (SSSR count). The van der Waals surface area contributed by atoms with Crippen molar-refractivity contribution < 1.29 is 14.3 Å². The zero-order valence-electron chi connectivity index (χ0n) is 18.3. The van der Waals surface area contributed by atoms with Crippen molar-refractivity contribution in [3.63, 3.8) is 0 Å². The normalized spacial score (nSPS) is 21.5. The highest BCUT2D eigenvalue weighted by molar-refractivity contribution is 8.18. The third kappa shape index (κ3) is 5.62. The van der Waals surface area contributed by atoms with Crippen LogP contribution in [0.2, 0.25) is 0 Å². The molecule has 1 aromatic rings. The van der Waals surface area contributed by atoms with Crippen LogP contribution in [0.4, 0.5) is 0 Å². The van der Waals surface area contributed by atoms with Gasteiger partial charge in [-0.2, -0.15) is 0 Å². The van der Waals surface area contributed by atoms with Crippen LogP contribution < -0.4 is 0 Å². The molecule has 3 aliphatic rings. The summed E-state index contributed by atoms with van der Waals surface area (Å²) in [7, 11) is 0. The lowest BCUT2D eigenvalue weighted by Crippen LogP contribution is -2.29. The van der Waals surface area contributed by atoms with Gasteiger partial charge in [0, 0.05) is 13.0 Å². The zero-order valence-corrected chi connectivity index (χ0v) is 19.1. The molecule has 0 bridgehead atoms. The Labute approximate surface area is 193 Å². The van der Waals surface area contributed by atoms with Gasteiger partial charge in [-0.3, -0.25) is 14.7 Å². The van der Waals surface area contributed by atoms with Gasteiger partial charge >= 0.3 is 0 Å². The molecule has 1 aliphatic carbocycles. The minimum Gasteiger partial charge on any atom is -0.491 e. The second kappa shape index (κ2) is 11.0. The van der Waals surface area contributed by atoms with E-state index in [0.717, 1.165) is 47.1 Å². The SMILES string of the molecule is CC/C=C\C=C/CN1C(=O)/C(=C/C2=CC3=C(CC2)OCCO3)S/C1=N\Cc1ccccc1. The van der Waals surface area contributed by atoms with Crippen LogP contribution in [0.3, 0.4) is 0 Å². The molecule has 1 saturated heterocycles. The van der Waals surface area contributed by atoms with E-state index in [1.54, 1.807) is 4.90 Å². The van der Waals surface area contributed by atoms with Crippen LogP contribution in [-0.2, 0) is 20.8 Å². The largest absolute Gasteiger partial charge is 0.491 e. The Kier molecular flexibility index (Phi) is 7.67. The number of nitrogens with zero attached hydrogens (tertiary/aromatic N) is 2. The summed E-state index contributed by atoms with van der Waals surface area (Å²) in [6.45, 7) is 4.31. The minimum absolute atomic E-state index is 0.00702. The van der Waals surface area contributed by atoms with Gasteiger partial charge in [0.25, 0.3) is 5.91 Å². The second-order valence-electron chi connectivity index (χ2n) is 7.58. The number of hydrogen-bond donors (Lipinski definition) is 0. The first kappa shape index (κ1) is 22.2. The molecule has 1 aromatic carbocycles. The van der Waals surface area contributed by atoms with E-state index in [-0.39, 0.29) is 5.91 Å². The molecule has 0 spiro atoms. The summed E-state index contributed by atoms with van der Waals surface area (Å²) in [6, 6.07) is 10.1. The summed E-state index contributed by atoms with van der Waals surface area (Å²) in [5.74, 6) is 1.71. The fraction of sp³-hybridized carbons (Fsp3) is 0.308. The molecule has 0 aromatic heterocycles. The number of benzene rings is 1. The van der Waals surface area contributed by atoms with E-state index in [2.05, 4.69) is 13.0 Å². The Morgan fingerprint density at radius 2 is 1.91 bits per heavy atom. The Morgan fingerprint density at radius 3 is 2.75 bits per heavy atom. The third-order valence-electron chi connectivity index (χ3n) is 5.20. The van der Waals surface area contributed by atoms with E-state index < -0.39 is 0 Å². The Hall–Kier alpha value is -2.99. The van der Waals surface area contributed by atoms with Crippen LogP contribution in [0.5, 0.6) is 0 Å². The third-order valence-corrected chi connectivity index (χ3v) is 6.24. The van der Waals surface area contributed by atoms with Gasteiger partial charge in [-0.15, -0.1) is 0 Å². The monoisotopic (exact) mass is 448 g/mol. The van der Waals surface area contributed by atoms with Crippen molar-refractivity contribution >= 4 is 22.8 Å². The highest BCUT2D eigenvalue weighted by Crippen LogP contribution is 2.35. The number of hydrogen-bond acceptors (Lipinski definition) is 5. The number of allylic oxidation sites excluding steroid dienone is 7. The second-order valence-corrected chi connectivity index (χ2v) is 8.59. The van der Waals surface area contributed by atoms with Gasteiger partial charge in [-0.05, 0) is 47.9 Å². The number of rotatable bonds is 7. The summed E-state index contributed by atoms with van der Waals surface area (Å²) >= 11 is 1.44. The summed E-state index contributed by atoms with van der Waals surface area (Å²) in [5, 5.41) is 0.739. The standard InChI is InChI=1S/C26H28N2O3S/c1-2-3-4-5-9-14-28-25(29)24(32-26(28)27-19-20-10-7-6-8-11-20)18-21-12-13-22-23(17-21)31-16-15-30-22/h3-11,17-18H,2,12-16,19H2,1H3/b4-3-,9-5-,24-18-,27-26-. The predicted molar refractivity (Wildman–Crippen MR) is 130 cm³/mol. The highest BCUT2D eigenvalue weighted by Gasteiger charge is 2.33. The topological polar surface area (TPSA) is 51.1 Å². The molecule has 0 atom stereocenters. The summed E-state index contributed by atoms with van der Waals surface area (Å²) < 4.78 is 11.4. The maximum absolute atomic E-state index is 13.2. The summed E-state index contributed by atoms with van der Waals surface area (Å²) in [6.07, 6.45) is 14.7. The molecule has 1 amide bonds. The molecule has 0 N–H and O–H groups in total. The number of amidine groups is 1. The number of thioether (sulfide) groups is 1. The van der Waals surface area contributed by atoms with E-state index in [9.17, 15) is 4.79 Å². The average molecular weight is 449 g/mol. The Bertz CT molecular complexity index is 1020. The zero-order chi connectivity index (χ0) is 22.2. The molecule has 32 heavy (non-hydrogen) atoms. The molecule has 1 fully saturated rings. The van der Waals surface area contributed by atoms with Gasteiger partial charge in [-0.1, -0.05) is 61.6 Å². The van der Waals surface area contributed by atoms with Crippen molar-refractivity contribution in [1.82, 2.24) is 4.90 Å². The number of amides is 1.